The zero-order valence-corrected chi connectivity index (χ0v) is 18.2. The predicted octanol–water partition coefficient (Wildman–Crippen LogP) is 6.72. The molecular weight excluding hydrogens is 474 g/mol. The van der Waals surface area contributed by atoms with Gasteiger partial charge in [-0.2, -0.15) is 0 Å². The van der Waals surface area contributed by atoms with E-state index in [1.165, 1.54) is 36.4 Å². The topological polar surface area (TPSA) is 0 Å². The quantitative estimate of drug-likeness (QED) is 0.191. The molecule has 6 heteroatoms. The standard InChI is InChI=1S/C30H12F6/c31-22-10-1-19(2-11-22)7-16-25-28(34)26(17-8-20-3-12-23(32)13-4-20)30(36)27(29(25)35)18-9-21-5-14-24(33)15-6-21/h1-6,10-15H. The Labute approximate surface area is 203 Å². The fourth-order valence-electron chi connectivity index (χ4n) is 3.00. The van der Waals surface area contributed by atoms with Crippen molar-refractivity contribution < 1.29 is 26.3 Å². The van der Waals surface area contributed by atoms with E-state index in [1.807, 2.05) is 0 Å². The lowest BCUT2D eigenvalue weighted by Crippen LogP contribution is -2.04. The average Bonchev–Trinajstić information content (AvgIpc) is 2.87. The molecule has 4 rings (SSSR count). The molecule has 0 aliphatic carbocycles. The number of hydrogen-bond acceptors (Lipinski definition) is 0. The van der Waals surface area contributed by atoms with Gasteiger partial charge in [0.05, 0.1) is 16.7 Å². The van der Waals surface area contributed by atoms with E-state index in [1.54, 1.807) is 0 Å². The Kier molecular flexibility index (Phi) is 7.15. The molecule has 4 aromatic carbocycles. The lowest BCUT2D eigenvalue weighted by atomic mass is 10.0. The summed E-state index contributed by atoms with van der Waals surface area (Å²) in [6.45, 7) is 0. The summed E-state index contributed by atoms with van der Waals surface area (Å²) in [4.78, 5) is 0. The van der Waals surface area contributed by atoms with E-state index in [0.29, 0.717) is 0 Å². The van der Waals surface area contributed by atoms with Crippen LogP contribution >= 0.6 is 0 Å². The predicted molar refractivity (Wildman–Crippen MR) is 123 cm³/mol. The van der Waals surface area contributed by atoms with Gasteiger partial charge in [-0.05, 0) is 72.8 Å². The van der Waals surface area contributed by atoms with Crippen molar-refractivity contribution in [2.45, 2.75) is 0 Å². The minimum absolute atomic E-state index is 0.261. The molecule has 174 valence electrons. The van der Waals surface area contributed by atoms with Crippen molar-refractivity contribution in [1.82, 2.24) is 0 Å². The van der Waals surface area contributed by atoms with Crippen molar-refractivity contribution in [2.24, 2.45) is 0 Å². The Balaban J connectivity index is 1.88. The second-order valence-corrected chi connectivity index (χ2v) is 7.34. The minimum Gasteiger partial charge on any atom is -0.207 e. The number of hydrogen-bond donors (Lipinski definition) is 0. The molecule has 0 saturated carbocycles. The zero-order valence-electron chi connectivity index (χ0n) is 18.2. The Bertz CT molecular complexity index is 1400. The Morgan fingerprint density at radius 1 is 0.306 bits per heavy atom. The van der Waals surface area contributed by atoms with Crippen LogP contribution in [-0.4, -0.2) is 0 Å². The van der Waals surface area contributed by atoms with Crippen LogP contribution in [-0.2, 0) is 0 Å². The second kappa shape index (κ2) is 10.6. The Morgan fingerprint density at radius 3 is 0.750 bits per heavy atom. The first kappa shape index (κ1) is 24.3. The van der Waals surface area contributed by atoms with Crippen LogP contribution in [0.1, 0.15) is 33.4 Å². The van der Waals surface area contributed by atoms with Crippen molar-refractivity contribution in [3.63, 3.8) is 0 Å². The van der Waals surface area contributed by atoms with E-state index in [4.69, 9.17) is 0 Å². The summed E-state index contributed by atoms with van der Waals surface area (Å²) in [5.74, 6) is 8.86. The molecule has 0 aromatic heterocycles. The molecule has 0 fully saturated rings. The molecule has 0 unspecified atom stereocenters. The fraction of sp³-hybridized carbons (Fsp3) is 0. The highest BCUT2D eigenvalue weighted by molar-refractivity contribution is 5.58. The van der Waals surface area contributed by atoms with Crippen LogP contribution in [0.2, 0.25) is 0 Å². The van der Waals surface area contributed by atoms with Gasteiger partial charge in [0.15, 0.2) is 17.5 Å². The van der Waals surface area contributed by atoms with Gasteiger partial charge in [0.25, 0.3) is 0 Å². The molecule has 0 N–H and O–H groups in total. The lowest BCUT2D eigenvalue weighted by Gasteiger charge is -2.06. The molecule has 0 nitrogen and oxygen atoms in total. The summed E-state index contributed by atoms with van der Waals surface area (Å²) in [6.07, 6.45) is 0. The first-order chi connectivity index (χ1) is 17.3. The normalized spacial score (nSPS) is 9.83. The highest BCUT2D eigenvalue weighted by Crippen LogP contribution is 2.24. The molecular formula is C30H12F6. The summed E-state index contributed by atoms with van der Waals surface area (Å²) in [5, 5.41) is 0. The fourth-order valence-corrected chi connectivity index (χ4v) is 3.00. The Hall–Kier alpha value is -4.86. The van der Waals surface area contributed by atoms with Crippen LogP contribution in [0, 0.1) is 70.4 Å². The molecule has 0 saturated heterocycles. The molecule has 0 bridgehead atoms. The third-order valence-electron chi connectivity index (χ3n) is 4.85. The average molecular weight is 486 g/mol. The van der Waals surface area contributed by atoms with Crippen LogP contribution < -0.4 is 0 Å². The molecule has 0 aliphatic rings. The van der Waals surface area contributed by atoms with E-state index in [9.17, 15) is 13.2 Å². The van der Waals surface area contributed by atoms with E-state index in [2.05, 4.69) is 35.5 Å². The van der Waals surface area contributed by atoms with Gasteiger partial charge in [-0.3, -0.25) is 0 Å². The Morgan fingerprint density at radius 2 is 0.528 bits per heavy atom. The molecule has 0 atom stereocenters. The van der Waals surface area contributed by atoms with Gasteiger partial charge in [0.1, 0.15) is 17.5 Å². The van der Waals surface area contributed by atoms with Crippen molar-refractivity contribution in [3.05, 3.63) is 141 Å². The molecule has 0 heterocycles. The maximum atomic E-state index is 15.2. The van der Waals surface area contributed by atoms with Crippen LogP contribution in [0.3, 0.4) is 0 Å². The first-order valence-electron chi connectivity index (χ1n) is 10.3. The SMILES string of the molecule is Fc1ccc(C#Cc2c(F)c(C#Cc3ccc(F)cc3)c(F)c(C#Cc3ccc(F)cc3)c2F)cc1. The molecule has 0 amide bonds. The molecule has 4 aromatic rings. The third-order valence-corrected chi connectivity index (χ3v) is 4.85. The van der Waals surface area contributed by atoms with Crippen LogP contribution in [0.25, 0.3) is 0 Å². The van der Waals surface area contributed by atoms with Crippen LogP contribution in [0.4, 0.5) is 26.3 Å². The summed E-state index contributed by atoms with van der Waals surface area (Å²) in [6, 6.07) is 14.6. The van der Waals surface area contributed by atoms with E-state index >= 15 is 13.2 Å². The summed E-state index contributed by atoms with van der Waals surface area (Å²) >= 11 is 0. The van der Waals surface area contributed by atoms with Crippen molar-refractivity contribution in [2.75, 3.05) is 0 Å². The molecule has 0 spiro atoms. The number of rotatable bonds is 0. The monoisotopic (exact) mass is 486 g/mol. The molecule has 36 heavy (non-hydrogen) atoms. The van der Waals surface area contributed by atoms with Crippen LogP contribution in [0.15, 0.2) is 72.8 Å². The first-order valence-corrected chi connectivity index (χ1v) is 10.3. The lowest BCUT2D eigenvalue weighted by molar-refractivity contribution is 0.531. The highest BCUT2D eigenvalue weighted by atomic mass is 19.2. The van der Waals surface area contributed by atoms with Gasteiger partial charge < -0.3 is 0 Å². The number of halogens is 6. The maximum absolute atomic E-state index is 15.2. The van der Waals surface area contributed by atoms with E-state index in [-0.39, 0.29) is 16.7 Å². The van der Waals surface area contributed by atoms with E-state index in [0.717, 1.165) is 36.4 Å². The summed E-state index contributed by atoms with van der Waals surface area (Å²) in [7, 11) is 0. The van der Waals surface area contributed by atoms with Gasteiger partial charge in [-0.1, -0.05) is 35.5 Å². The highest BCUT2D eigenvalue weighted by Gasteiger charge is 2.22. The van der Waals surface area contributed by atoms with Gasteiger partial charge in [0, 0.05) is 16.7 Å². The van der Waals surface area contributed by atoms with Gasteiger partial charge >= 0.3 is 0 Å². The molecule has 0 radical (unpaired) electrons. The molecule has 0 aliphatic heterocycles. The summed E-state index contributed by atoms with van der Waals surface area (Å²) in [5.41, 5.74) is -1.57. The third kappa shape index (κ3) is 5.61. The zero-order chi connectivity index (χ0) is 25.7. The maximum Gasteiger partial charge on any atom is 0.160 e. The van der Waals surface area contributed by atoms with Crippen molar-refractivity contribution in [1.29, 1.82) is 0 Å². The van der Waals surface area contributed by atoms with Gasteiger partial charge in [0.2, 0.25) is 0 Å². The largest absolute Gasteiger partial charge is 0.207 e. The van der Waals surface area contributed by atoms with Crippen molar-refractivity contribution >= 4 is 0 Å². The minimum atomic E-state index is -1.35. The smallest absolute Gasteiger partial charge is 0.160 e. The van der Waals surface area contributed by atoms with E-state index < -0.39 is 51.6 Å². The van der Waals surface area contributed by atoms with Crippen LogP contribution in [0.5, 0.6) is 0 Å². The van der Waals surface area contributed by atoms with Gasteiger partial charge in [-0.15, -0.1) is 0 Å². The summed E-state index contributed by atoms with van der Waals surface area (Å²) < 4.78 is 85.1. The van der Waals surface area contributed by atoms with Crippen molar-refractivity contribution in [3.8, 4) is 35.5 Å². The van der Waals surface area contributed by atoms with Gasteiger partial charge in [-0.25, -0.2) is 26.3 Å². The second-order valence-electron chi connectivity index (χ2n) is 7.34. The number of benzene rings is 4.